The number of aromatic nitrogens is 4. The molecule has 7 heteroatoms. The standard InChI is InChI=1S/C14H20N6O/c1-11(21)15-9-12-5-2-3-8-19(12)10-14-18-17-13-6-4-7-16-20(13)14/h4,6-7,12H,2-3,5,8-10H2,1H3,(H,15,21). The largest absolute Gasteiger partial charge is 0.355 e. The number of nitrogens with zero attached hydrogens (tertiary/aromatic N) is 5. The van der Waals surface area contributed by atoms with Crippen molar-refractivity contribution in [3.05, 3.63) is 24.2 Å². The maximum absolute atomic E-state index is 11.1. The second-order valence-corrected chi connectivity index (χ2v) is 5.47. The lowest BCUT2D eigenvalue weighted by Crippen LogP contribution is -2.46. The zero-order valence-corrected chi connectivity index (χ0v) is 12.2. The molecule has 1 aliphatic heterocycles. The Kier molecular flexibility index (Phi) is 4.10. The number of nitrogens with one attached hydrogen (secondary N) is 1. The minimum atomic E-state index is 0.0233. The summed E-state index contributed by atoms with van der Waals surface area (Å²) in [4.78, 5) is 13.5. The van der Waals surface area contributed by atoms with Crippen LogP contribution in [-0.2, 0) is 11.3 Å². The molecule has 3 rings (SSSR count). The van der Waals surface area contributed by atoms with E-state index in [1.165, 1.54) is 12.8 Å². The lowest BCUT2D eigenvalue weighted by atomic mass is 10.0. The van der Waals surface area contributed by atoms with E-state index in [9.17, 15) is 4.79 Å². The van der Waals surface area contributed by atoms with Crippen LogP contribution in [-0.4, -0.2) is 49.7 Å². The van der Waals surface area contributed by atoms with Gasteiger partial charge in [0.2, 0.25) is 5.91 Å². The van der Waals surface area contributed by atoms with Crippen LogP contribution in [0.2, 0.25) is 0 Å². The van der Waals surface area contributed by atoms with Crippen molar-refractivity contribution in [2.75, 3.05) is 13.1 Å². The van der Waals surface area contributed by atoms with Crippen molar-refractivity contribution in [1.29, 1.82) is 0 Å². The summed E-state index contributed by atoms with van der Waals surface area (Å²) in [6, 6.07) is 4.11. The number of hydrogen-bond donors (Lipinski definition) is 1. The molecule has 1 saturated heterocycles. The summed E-state index contributed by atoms with van der Waals surface area (Å²) in [6.45, 7) is 3.98. The van der Waals surface area contributed by atoms with Gasteiger partial charge in [-0.15, -0.1) is 10.2 Å². The Labute approximate surface area is 123 Å². The summed E-state index contributed by atoms with van der Waals surface area (Å²) >= 11 is 0. The summed E-state index contributed by atoms with van der Waals surface area (Å²) in [7, 11) is 0. The van der Waals surface area contributed by atoms with Crippen molar-refractivity contribution in [2.24, 2.45) is 0 Å². The topological polar surface area (TPSA) is 75.4 Å². The van der Waals surface area contributed by atoms with Gasteiger partial charge >= 0.3 is 0 Å². The molecular formula is C14H20N6O. The second-order valence-electron chi connectivity index (χ2n) is 5.47. The maximum Gasteiger partial charge on any atom is 0.216 e. The molecule has 1 amide bonds. The zero-order chi connectivity index (χ0) is 14.7. The SMILES string of the molecule is CC(=O)NCC1CCCCN1Cc1nnc2cccnn12. The molecule has 2 aromatic rings. The van der Waals surface area contributed by atoms with Gasteiger partial charge in [0.05, 0.1) is 6.54 Å². The van der Waals surface area contributed by atoms with Crippen LogP contribution in [0.3, 0.4) is 0 Å². The number of hydrogen-bond acceptors (Lipinski definition) is 5. The van der Waals surface area contributed by atoms with E-state index < -0.39 is 0 Å². The zero-order valence-electron chi connectivity index (χ0n) is 12.2. The predicted octanol–water partition coefficient (Wildman–Crippen LogP) is 0.615. The molecule has 1 atom stereocenters. The van der Waals surface area contributed by atoms with Gasteiger partial charge in [-0.3, -0.25) is 9.69 Å². The molecule has 0 spiro atoms. The van der Waals surface area contributed by atoms with E-state index in [1.54, 1.807) is 17.6 Å². The number of piperidine rings is 1. The molecule has 0 aliphatic carbocycles. The van der Waals surface area contributed by atoms with E-state index in [0.717, 1.165) is 24.4 Å². The molecule has 0 saturated carbocycles. The Morgan fingerprint density at radius 3 is 3.19 bits per heavy atom. The summed E-state index contributed by atoms with van der Waals surface area (Å²) < 4.78 is 1.78. The van der Waals surface area contributed by atoms with Crippen molar-refractivity contribution in [3.63, 3.8) is 0 Å². The van der Waals surface area contributed by atoms with Gasteiger partial charge in [-0.25, -0.2) is 0 Å². The first-order chi connectivity index (χ1) is 10.2. The highest BCUT2D eigenvalue weighted by Gasteiger charge is 2.24. The first-order valence-electron chi connectivity index (χ1n) is 7.38. The molecule has 21 heavy (non-hydrogen) atoms. The molecule has 3 heterocycles. The van der Waals surface area contributed by atoms with Crippen LogP contribution in [0, 0.1) is 0 Å². The van der Waals surface area contributed by atoms with Gasteiger partial charge in [0.15, 0.2) is 11.5 Å². The van der Waals surface area contributed by atoms with Crippen molar-refractivity contribution in [3.8, 4) is 0 Å². The van der Waals surface area contributed by atoms with Crippen LogP contribution in [0.4, 0.5) is 0 Å². The van der Waals surface area contributed by atoms with E-state index in [0.29, 0.717) is 19.1 Å². The number of carbonyl (C=O) groups excluding carboxylic acids is 1. The van der Waals surface area contributed by atoms with Crippen LogP contribution < -0.4 is 5.32 Å². The number of likely N-dealkylation sites (tertiary alicyclic amines) is 1. The van der Waals surface area contributed by atoms with Gasteiger partial charge in [0.1, 0.15) is 0 Å². The summed E-state index contributed by atoms with van der Waals surface area (Å²) in [5.74, 6) is 0.871. The molecule has 1 N–H and O–H groups in total. The number of rotatable bonds is 4. The molecule has 1 unspecified atom stereocenters. The molecule has 0 radical (unpaired) electrons. The highest BCUT2D eigenvalue weighted by molar-refractivity contribution is 5.72. The van der Waals surface area contributed by atoms with Crippen LogP contribution in [0.1, 0.15) is 32.0 Å². The lowest BCUT2D eigenvalue weighted by molar-refractivity contribution is -0.119. The van der Waals surface area contributed by atoms with Gasteiger partial charge in [0.25, 0.3) is 0 Å². The summed E-state index contributed by atoms with van der Waals surface area (Å²) in [5, 5.41) is 15.6. The normalized spacial score (nSPS) is 19.8. The van der Waals surface area contributed by atoms with E-state index in [1.807, 2.05) is 12.1 Å². The third-order valence-corrected chi connectivity index (χ3v) is 3.92. The van der Waals surface area contributed by atoms with Gasteiger partial charge in [-0.05, 0) is 31.5 Å². The van der Waals surface area contributed by atoms with Crippen LogP contribution in [0.25, 0.3) is 5.65 Å². The van der Waals surface area contributed by atoms with Gasteiger partial charge in [-0.2, -0.15) is 9.61 Å². The van der Waals surface area contributed by atoms with E-state index in [4.69, 9.17) is 0 Å². The minimum Gasteiger partial charge on any atom is -0.355 e. The molecule has 0 aromatic carbocycles. The molecule has 0 bridgehead atoms. The first-order valence-corrected chi connectivity index (χ1v) is 7.38. The Bertz CT molecular complexity index is 625. The molecule has 1 aliphatic rings. The fourth-order valence-electron chi connectivity index (χ4n) is 2.83. The monoisotopic (exact) mass is 288 g/mol. The average Bonchev–Trinajstić information content (AvgIpc) is 2.90. The fraction of sp³-hybridized carbons (Fsp3) is 0.571. The Morgan fingerprint density at radius 2 is 2.33 bits per heavy atom. The van der Waals surface area contributed by atoms with Crippen molar-refractivity contribution in [1.82, 2.24) is 30.0 Å². The van der Waals surface area contributed by atoms with Crippen LogP contribution in [0.15, 0.2) is 18.3 Å². The Hall–Kier alpha value is -2.02. The first kappa shape index (κ1) is 13.9. The quantitative estimate of drug-likeness (QED) is 0.892. The van der Waals surface area contributed by atoms with Gasteiger partial charge < -0.3 is 5.32 Å². The van der Waals surface area contributed by atoms with Crippen molar-refractivity contribution in [2.45, 2.75) is 38.8 Å². The highest BCUT2D eigenvalue weighted by Crippen LogP contribution is 2.18. The average molecular weight is 288 g/mol. The third kappa shape index (κ3) is 3.18. The van der Waals surface area contributed by atoms with E-state index in [-0.39, 0.29) is 5.91 Å². The van der Waals surface area contributed by atoms with Crippen molar-refractivity contribution < 1.29 is 4.79 Å². The number of amides is 1. The summed E-state index contributed by atoms with van der Waals surface area (Å²) in [5.41, 5.74) is 0.767. The van der Waals surface area contributed by atoms with Crippen LogP contribution in [0.5, 0.6) is 0 Å². The molecular weight excluding hydrogens is 268 g/mol. The second kappa shape index (κ2) is 6.17. The minimum absolute atomic E-state index is 0.0233. The summed E-state index contributed by atoms with van der Waals surface area (Å²) in [6.07, 6.45) is 5.23. The van der Waals surface area contributed by atoms with Crippen molar-refractivity contribution >= 4 is 11.6 Å². The molecule has 7 nitrogen and oxygen atoms in total. The van der Waals surface area contributed by atoms with Gasteiger partial charge in [0, 0.05) is 25.7 Å². The number of carbonyl (C=O) groups is 1. The van der Waals surface area contributed by atoms with E-state index >= 15 is 0 Å². The lowest BCUT2D eigenvalue weighted by Gasteiger charge is -2.35. The van der Waals surface area contributed by atoms with E-state index in [2.05, 4.69) is 25.5 Å². The Balaban J connectivity index is 1.73. The predicted molar refractivity (Wildman–Crippen MR) is 77.5 cm³/mol. The Morgan fingerprint density at radius 1 is 1.43 bits per heavy atom. The highest BCUT2D eigenvalue weighted by atomic mass is 16.1. The molecule has 1 fully saturated rings. The fourth-order valence-corrected chi connectivity index (χ4v) is 2.83. The van der Waals surface area contributed by atoms with Gasteiger partial charge in [-0.1, -0.05) is 6.42 Å². The third-order valence-electron chi connectivity index (χ3n) is 3.92. The van der Waals surface area contributed by atoms with Crippen LogP contribution >= 0.6 is 0 Å². The molecule has 2 aromatic heterocycles. The molecule has 112 valence electrons. The number of fused-ring (bicyclic) bond motifs is 1. The smallest absolute Gasteiger partial charge is 0.216 e. The maximum atomic E-state index is 11.1.